The summed E-state index contributed by atoms with van der Waals surface area (Å²) in [6, 6.07) is 3.89. The molecular weight excluding hydrogens is 407 g/mol. The molecule has 1 aromatic carbocycles. The van der Waals surface area contributed by atoms with Crippen molar-refractivity contribution >= 4 is 34.6 Å². The lowest BCUT2D eigenvalue weighted by Crippen LogP contribution is -2.23. The molecule has 0 heterocycles. The van der Waals surface area contributed by atoms with E-state index in [1.54, 1.807) is 13.2 Å². The number of hydrogen-bond acceptors (Lipinski definition) is 4. The molecule has 0 saturated heterocycles. The first-order valence-electron chi connectivity index (χ1n) is 7.61. The van der Waals surface area contributed by atoms with Crippen molar-refractivity contribution in [2.45, 2.75) is 45.6 Å². The van der Waals surface area contributed by atoms with Gasteiger partial charge in [-0.15, -0.1) is 0 Å². The Morgan fingerprint density at radius 1 is 1.30 bits per heavy atom. The maximum Gasteiger partial charge on any atom is 0.306 e. The van der Waals surface area contributed by atoms with Crippen molar-refractivity contribution in [2.24, 2.45) is 0 Å². The molecule has 0 N–H and O–H groups in total. The average molecular weight is 432 g/mol. The first-order valence-corrected chi connectivity index (χ1v) is 8.69. The predicted molar refractivity (Wildman–Crippen MR) is 101 cm³/mol. The standard InChI is InChI=1S/C18H25IO4/c1-6-13-11-14(19)17(15(12-13)21-5)22-10-8-7-9-16(20)23-18(2,3)4/h6,11-12H,1,7-10H2,2-5H3. The Kier molecular flexibility index (Phi) is 7.88. The molecule has 0 aromatic heterocycles. The van der Waals surface area contributed by atoms with Gasteiger partial charge < -0.3 is 14.2 Å². The highest BCUT2D eigenvalue weighted by atomic mass is 127. The van der Waals surface area contributed by atoms with E-state index in [2.05, 4.69) is 29.2 Å². The van der Waals surface area contributed by atoms with Crippen LogP contribution in [0.5, 0.6) is 11.5 Å². The third kappa shape index (κ3) is 7.24. The molecule has 0 saturated carbocycles. The van der Waals surface area contributed by atoms with E-state index in [9.17, 15) is 4.79 Å². The number of rotatable bonds is 8. The SMILES string of the molecule is C=Cc1cc(I)c(OCCCCC(=O)OC(C)(C)C)c(OC)c1. The Morgan fingerprint density at radius 2 is 2.00 bits per heavy atom. The molecule has 0 aliphatic carbocycles. The van der Waals surface area contributed by atoms with Crippen molar-refractivity contribution in [2.75, 3.05) is 13.7 Å². The van der Waals surface area contributed by atoms with Gasteiger partial charge in [0.2, 0.25) is 0 Å². The third-order valence-corrected chi connectivity index (χ3v) is 3.73. The van der Waals surface area contributed by atoms with Crippen LogP contribution in [-0.2, 0) is 9.53 Å². The molecule has 0 bridgehead atoms. The monoisotopic (exact) mass is 432 g/mol. The number of methoxy groups -OCH3 is 1. The number of ether oxygens (including phenoxy) is 3. The summed E-state index contributed by atoms with van der Waals surface area (Å²) in [6.45, 7) is 9.90. The van der Waals surface area contributed by atoms with Crippen LogP contribution in [0.25, 0.3) is 6.08 Å². The van der Waals surface area contributed by atoms with Crippen LogP contribution in [0, 0.1) is 3.57 Å². The fraction of sp³-hybridized carbons (Fsp3) is 0.500. The fourth-order valence-electron chi connectivity index (χ4n) is 1.94. The minimum absolute atomic E-state index is 0.167. The van der Waals surface area contributed by atoms with E-state index in [4.69, 9.17) is 14.2 Å². The molecule has 4 nitrogen and oxygen atoms in total. The number of unbranched alkanes of at least 4 members (excludes halogenated alkanes) is 1. The van der Waals surface area contributed by atoms with Gasteiger partial charge in [-0.05, 0) is 73.9 Å². The van der Waals surface area contributed by atoms with Crippen molar-refractivity contribution in [3.63, 3.8) is 0 Å². The van der Waals surface area contributed by atoms with E-state index in [-0.39, 0.29) is 5.97 Å². The highest BCUT2D eigenvalue weighted by Crippen LogP contribution is 2.34. The minimum Gasteiger partial charge on any atom is -0.493 e. The molecule has 0 radical (unpaired) electrons. The van der Waals surface area contributed by atoms with Gasteiger partial charge in [0.1, 0.15) is 5.60 Å². The summed E-state index contributed by atoms with van der Waals surface area (Å²) in [7, 11) is 1.62. The minimum atomic E-state index is -0.427. The van der Waals surface area contributed by atoms with Gasteiger partial charge in [-0.1, -0.05) is 12.7 Å². The lowest BCUT2D eigenvalue weighted by molar-refractivity contribution is -0.154. The zero-order valence-corrected chi connectivity index (χ0v) is 16.4. The summed E-state index contributed by atoms with van der Waals surface area (Å²) in [5.74, 6) is 1.26. The summed E-state index contributed by atoms with van der Waals surface area (Å²) >= 11 is 2.22. The molecule has 23 heavy (non-hydrogen) atoms. The number of hydrogen-bond donors (Lipinski definition) is 0. The molecule has 1 rings (SSSR count). The average Bonchev–Trinajstić information content (AvgIpc) is 2.45. The molecule has 128 valence electrons. The molecule has 0 aliphatic rings. The van der Waals surface area contributed by atoms with Crippen molar-refractivity contribution in [1.82, 2.24) is 0 Å². The molecule has 0 spiro atoms. The number of esters is 1. The van der Waals surface area contributed by atoms with E-state index < -0.39 is 5.60 Å². The Balaban J connectivity index is 2.45. The van der Waals surface area contributed by atoms with Crippen LogP contribution < -0.4 is 9.47 Å². The van der Waals surface area contributed by atoms with E-state index in [1.807, 2.05) is 32.9 Å². The second-order valence-corrected chi connectivity index (χ2v) is 7.29. The van der Waals surface area contributed by atoms with Crippen LogP contribution in [0.15, 0.2) is 18.7 Å². The van der Waals surface area contributed by atoms with E-state index in [0.717, 1.165) is 27.7 Å². The molecule has 5 heteroatoms. The molecule has 0 atom stereocenters. The van der Waals surface area contributed by atoms with E-state index in [0.29, 0.717) is 18.8 Å². The molecule has 0 unspecified atom stereocenters. The van der Waals surface area contributed by atoms with Crippen molar-refractivity contribution in [3.05, 3.63) is 27.8 Å². The smallest absolute Gasteiger partial charge is 0.306 e. The van der Waals surface area contributed by atoms with E-state index in [1.165, 1.54) is 0 Å². The fourth-order valence-corrected chi connectivity index (χ4v) is 2.72. The first kappa shape index (κ1) is 19.8. The van der Waals surface area contributed by atoms with Gasteiger partial charge >= 0.3 is 5.97 Å². The quantitative estimate of drug-likeness (QED) is 0.335. The molecule has 0 amide bonds. The van der Waals surface area contributed by atoms with Gasteiger partial charge in [-0.25, -0.2) is 0 Å². The molecule has 0 aliphatic heterocycles. The Labute approximate surface area is 152 Å². The lowest BCUT2D eigenvalue weighted by Gasteiger charge is -2.19. The third-order valence-electron chi connectivity index (χ3n) is 2.93. The van der Waals surface area contributed by atoms with E-state index >= 15 is 0 Å². The summed E-state index contributed by atoms with van der Waals surface area (Å²) in [4.78, 5) is 11.6. The number of carbonyl (C=O) groups excluding carboxylic acids is 1. The summed E-state index contributed by atoms with van der Waals surface area (Å²) in [5, 5.41) is 0. The van der Waals surface area contributed by atoms with Crippen molar-refractivity contribution in [1.29, 1.82) is 0 Å². The second kappa shape index (κ2) is 9.15. The number of carbonyl (C=O) groups is 1. The highest BCUT2D eigenvalue weighted by molar-refractivity contribution is 14.1. The van der Waals surface area contributed by atoms with Gasteiger partial charge in [-0.2, -0.15) is 0 Å². The lowest BCUT2D eigenvalue weighted by atomic mass is 10.2. The van der Waals surface area contributed by atoms with Crippen LogP contribution in [0.3, 0.4) is 0 Å². The molecule has 0 fully saturated rings. The number of halogens is 1. The van der Waals surface area contributed by atoms with Gasteiger partial charge in [0.25, 0.3) is 0 Å². The zero-order chi connectivity index (χ0) is 17.5. The predicted octanol–water partition coefficient (Wildman–Crippen LogP) is 4.83. The maximum absolute atomic E-state index is 11.6. The largest absolute Gasteiger partial charge is 0.493 e. The summed E-state index contributed by atoms with van der Waals surface area (Å²) in [6.07, 6.45) is 3.69. The summed E-state index contributed by atoms with van der Waals surface area (Å²) < 4.78 is 17.4. The van der Waals surface area contributed by atoms with Gasteiger partial charge in [-0.3, -0.25) is 4.79 Å². The van der Waals surface area contributed by atoms with Crippen LogP contribution in [0.4, 0.5) is 0 Å². The second-order valence-electron chi connectivity index (χ2n) is 6.13. The first-order chi connectivity index (χ1) is 10.8. The van der Waals surface area contributed by atoms with Gasteiger partial charge in [0.05, 0.1) is 17.3 Å². The molecular formula is C18H25IO4. The zero-order valence-electron chi connectivity index (χ0n) is 14.3. The van der Waals surface area contributed by atoms with Crippen LogP contribution >= 0.6 is 22.6 Å². The van der Waals surface area contributed by atoms with Crippen molar-refractivity contribution < 1.29 is 19.0 Å². The highest BCUT2D eigenvalue weighted by Gasteiger charge is 2.16. The van der Waals surface area contributed by atoms with Crippen LogP contribution in [-0.4, -0.2) is 25.3 Å². The Morgan fingerprint density at radius 3 is 2.57 bits per heavy atom. The van der Waals surface area contributed by atoms with Crippen LogP contribution in [0.2, 0.25) is 0 Å². The van der Waals surface area contributed by atoms with Gasteiger partial charge in [0.15, 0.2) is 11.5 Å². The number of benzene rings is 1. The Bertz CT molecular complexity index is 547. The molecule has 1 aromatic rings. The Hall–Kier alpha value is -1.24. The van der Waals surface area contributed by atoms with Crippen LogP contribution in [0.1, 0.15) is 45.6 Å². The summed E-state index contributed by atoms with van der Waals surface area (Å²) in [5.41, 5.74) is 0.563. The van der Waals surface area contributed by atoms with Crippen molar-refractivity contribution in [3.8, 4) is 11.5 Å². The van der Waals surface area contributed by atoms with Gasteiger partial charge in [0, 0.05) is 6.42 Å². The normalized spacial score (nSPS) is 11.0. The maximum atomic E-state index is 11.6. The topological polar surface area (TPSA) is 44.8 Å².